The Hall–Kier alpha value is -2.86. The number of amides is 1. The number of benzene rings is 2. The van der Waals surface area contributed by atoms with E-state index in [0.29, 0.717) is 13.2 Å². The van der Waals surface area contributed by atoms with Crippen LogP contribution < -0.4 is 15.4 Å². The van der Waals surface area contributed by atoms with Crippen LogP contribution in [0, 0.1) is 0 Å². The van der Waals surface area contributed by atoms with Gasteiger partial charge in [0.25, 0.3) is 0 Å². The maximum absolute atomic E-state index is 11.9. The number of carbonyl (C=O) groups is 1. The van der Waals surface area contributed by atoms with Crippen LogP contribution in [0.1, 0.15) is 37.4 Å². The fourth-order valence-electron chi connectivity index (χ4n) is 3.93. The molecule has 2 heterocycles. The average Bonchev–Trinajstić information content (AvgIpc) is 3.19. The van der Waals surface area contributed by atoms with Gasteiger partial charge in [-0.25, -0.2) is 4.98 Å². The summed E-state index contributed by atoms with van der Waals surface area (Å²) in [6.45, 7) is 5.49. The molecule has 4 rings (SSSR count). The van der Waals surface area contributed by atoms with Gasteiger partial charge in [-0.05, 0) is 56.2 Å². The minimum absolute atomic E-state index is 0.207. The van der Waals surface area contributed by atoms with Crippen molar-refractivity contribution < 1.29 is 9.53 Å². The molecule has 2 unspecified atom stereocenters. The quantitative estimate of drug-likeness (QED) is 0.650. The highest BCUT2D eigenvalue weighted by atomic mass is 32.1. The lowest BCUT2D eigenvalue weighted by Gasteiger charge is -2.39. The number of hydrogen-bond acceptors (Lipinski definition) is 5. The van der Waals surface area contributed by atoms with Crippen molar-refractivity contribution in [3.05, 3.63) is 65.2 Å². The van der Waals surface area contributed by atoms with Crippen molar-refractivity contribution >= 4 is 22.9 Å². The number of carbonyl (C=O) groups excluding carboxylic acids is 1. The summed E-state index contributed by atoms with van der Waals surface area (Å²) in [5.41, 5.74) is 9.87. The third-order valence-electron chi connectivity index (χ3n) is 5.37. The predicted octanol–water partition coefficient (Wildman–Crippen LogP) is 4.58. The van der Waals surface area contributed by atoms with Gasteiger partial charge in [0.2, 0.25) is 5.91 Å². The van der Waals surface area contributed by atoms with Gasteiger partial charge in [0.05, 0.1) is 24.8 Å². The highest BCUT2D eigenvalue weighted by molar-refractivity contribution is 7.13. The smallest absolute Gasteiger partial charge is 0.225 e. The monoisotopic (exact) mass is 407 g/mol. The van der Waals surface area contributed by atoms with Crippen LogP contribution in [0.5, 0.6) is 5.75 Å². The number of nitrogens with zero attached hydrogens (tertiary/aromatic N) is 2. The Labute approximate surface area is 175 Å². The second kappa shape index (κ2) is 8.25. The van der Waals surface area contributed by atoms with Gasteiger partial charge >= 0.3 is 0 Å². The van der Waals surface area contributed by atoms with Crippen molar-refractivity contribution in [3.63, 3.8) is 0 Å². The fourth-order valence-corrected chi connectivity index (χ4v) is 4.75. The lowest BCUT2D eigenvalue weighted by Crippen LogP contribution is -2.41. The van der Waals surface area contributed by atoms with E-state index in [1.807, 2.05) is 49.4 Å². The summed E-state index contributed by atoms with van der Waals surface area (Å²) in [5, 5.41) is 3.11. The molecule has 0 saturated heterocycles. The second-order valence-corrected chi connectivity index (χ2v) is 8.19. The first-order chi connectivity index (χ1) is 14.1. The molecule has 1 aliphatic heterocycles. The average molecular weight is 408 g/mol. The second-order valence-electron chi connectivity index (χ2n) is 7.33. The van der Waals surface area contributed by atoms with Gasteiger partial charge in [-0.2, -0.15) is 0 Å². The SMILES string of the molecule is CCOc1ccc(-c2nc(CN3c4ccccc4C(C(N)=O)CC3C)cs2)cc1. The first-order valence-electron chi connectivity index (χ1n) is 9.89. The lowest BCUT2D eigenvalue weighted by atomic mass is 9.85. The zero-order chi connectivity index (χ0) is 20.4. The van der Waals surface area contributed by atoms with Crippen LogP contribution in [0.25, 0.3) is 10.6 Å². The third-order valence-corrected chi connectivity index (χ3v) is 6.31. The van der Waals surface area contributed by atoms with E-state index in [-0.39, 0.29) is 17.9 Å². The topological polar surface area (TPSA) is 68.4 Å². The molecule has 0 saturated carbocycles. The van der Waals surface area contributed by atoms with Crippen LogP contribution in [-0.2, 0) is 11.3 Å². The summed E-state index contributed by atoms with van der Waals surface area (Å²) in [4.78, 5) is 19.1. The Morgan fingerprint density at radius 3 is 2.72 bits per heavy atom. The van der Waals surface area contributed by atoms with E-state index in [4.69, 9.17) is 15.5 Å². The Morgan fingerprint density at radius 2 is 2.00 bits per heavy atom. The number of rotatable bonds is 6. The van der Waals surface area contributed by atoms with Crippen LogP contribution in [0.2, 0.25) is 0 Å². The Balaban J connectivity index is 1.56. The highest BCUT2D eigenvalue weighted by Crippen LogP contribution is 2.39. The minimum Gasteiger partial charge on any atom is -0.494 e. The van der Waals surface area contributed by atoms with Crippen molar-refractivity contribution in [2.75, 3.05) is 11.5 Å². The van der Waals surface area contributed by atoms with E-state index in [0.717, 1.165) is 39.7 Å². The zero-order valence-corrected chi connectivity index (χ0v) is 17.5. The van der Waals surface area contributed by atoms with E-state index >= 15 is 0 Å². The molecule has 2 atom stereocenters. The molecule has 5 nitrogen and oxygen atoms in total. The molecule has 0 spiro atoms. The molecule has 1 aromatic heterocycles. The summed E-state index contributed by atoms with van der Waals surface area (Å²) in [6.07, 6.45) is 0.724. The molecule has 2 N–H and O–H groups in total. The molecule has 29 heavy (non-hydrogen) atoms. The minimum atomic E-state index is -0.254. The van der Waals surface area contributed by atoms with Crippen molar-refractivity contribution in [2.45, 2.75) is 38.8 Å². The van der Waals surface area contributed by atoms with Gasteiger partial charge in [-0.15, -0.1) is 11.3 Å². The molecule has 3 aromatic rings. The summed E-state index contributed by atoms with van der Waals surface area (Å²) in [6, 6.07) is 16.3. The summed E-state index contributed by atoms with van der Waals surface area (Å²) in [7, 11) is 0. The van der Waals surface area contributed by atoms with Crippen LogP contribution in [0.3, 0.4) is 0 Å². The molecule has 0 aliphatic carbocycles. The molecular formula is C23H25N3O2S. The van der Waals surface area contributed by atoms with Crippen LogP contribution in [-0.4, -0.2) is 23.5 Å². The molecular weight excluding hydrogens is 382 g/mol. The summed E-state index contributed by atoms with van der Waals surface area (Å²) in [5.74, 6) is 0.387. The Morgan fingerprint density at radius 1 is 1.24 bits per heavy atom. The van der Waals surface area contributed by atoms with E-state index in [2.05, 4.69) is 23.3 Å². The van der Waals surface area contributed by atoms with Gasteiger partial charge in [-0.1, -0.05) is 18.2 Å². The largest absolute Gasteiger partial charge is 0.494 e. The van der Waals surface area contributed by atoms with E-state index < -0.39 is 0 Å². The molecule has 150 valence electrons. The van der Waals surface area contributed by atoms with Crippen molar-refractivity contribution in [1.29, 1.82) is 0 Å². The van der Waals surface area contributed by atoms with Gasteiger partial charge in [0.15, 0.2) is 0 Å². The van der Waals surface area contributed by atoms with Gasteiger partial charge < -0.3 is 15.4 Å². The lowest BCUT2D eigenvalue weighted by molar-refractivity contribution is -0.119. The zero-order valence-electron chi connectivity index (χ0n) is 16.7. The molecule has 0 fully saturated rings. The normalized spacial score (nSPS) is 18.3. The van der Waals surface area contributed by atoms with Crippen LogP contribution in [0.4, 0.5) is 5.69 Å². The fraction of sp³-hybridized carbons (Fsp3) is 0.304. The number of fused-ring (bicyclic) bond motifs is 1. The number of nitrogens with two attached hydrogens (primary N) is 1. The molecule has 1 aliphatic rings. The van der Waals surface area contributed by atoms with Gasteiger partial charge in [0, 0.05) is 22.7 Å². The Bertz CT molecular complexity index is 999. The number of anilines is 1. The van der Waals surface area contributed by atoms with Gasteiger partial charge in [-0.3, -0.25) is 4.79 Å². The number of primary amides is 1. The van der Waals surface area contributed by atoms with Crippen LogP contribution in [0.15, 0.2) is 53.9 Å². The van der Waals surface area contributed by atoms with E-state index in [9.17, 15) is 4.79 Å². The first-order valence-corrected chi connectivity index (χ1v) is 10.8. The number of hydrogen-bond donors (Lipinski definition) is 1. The molecule has 0 radical (unpaired) electrons. The molecule has 6 heteroatoms. The summed E-state index contributed by atoms with van der Waals surface area (Å²) >= 11 is 1.65. The van der Waals surface area contributed by atoms with Crippen molar-refractivity contribution in [1.82, 2.24) is 4.98 Å². The maximum Gasteiger partial charge on any atom is 0.225 e. The number of para-hydroxylation sites is 1. The standard InChI is InChI=1S/C23H25N3O2S/c1-3-28-18-10-8-16(9-11-18)23-25-17(14-29-23)13-26-15(2)12-20(22(24)27)19-6-4-5-7-21(19)26/h4-11,14-15,20H,3,12-13H2,1-2H3,(H2,24,27). The number of ether oxygens (including phenoxy) is 1. The third kappa shape index (κ3) is 3.98. The first kappa shape index (κ1) is 19.5. The number of thiazole rings is 1. The van der Waals surface area contributed by atoms with E-state index in [1.165, 1.54) is 0 Å². The molecule has 1 amide bonds. The Kier molecular flexibility index (Phi) is 5.53. The number of aromatic nitrogens is 1. The maximum atomic E-state index is 11.9. The van der Waals surface area contributed by atoms with E-state index in [1.54, 1.807) is 11.3 Å². The predicted molar refractivity (Wildman–Crippen MR) is 117 cm³/mol. The molecule has 0 bridgehead atoms. The molecule has 2 aromatic carbocycles. The van der Waals surface area contributed by atoms with Gasteiger partial charge in [0.1, 0.15) is 10.8 Å². The highest BCUT2D eigenvalue weighted by Gasteiger charge is 2.33. The summed E-state index contributed by atoms with van der Waals surface area (Å²) < 4.78 is 5.52. The van der Waals surface area contributed by atoms with Crippen molar-refractivity contribution in [3.8, 4) is 16.3 Å². The van der Waals surface area contributed by atoms with Crippen LogP contribution >= 0.6 is 11.3 Å². The van der Waals surface area contributed by atoms with Crippen molar-refractivity contribution in [2.24, 2.45) is 5.73 Å².